The van der Waals surface area contributed by atoms with Gasteiger partial charge in [0, 0.05) is 24.0 Å². The zero-order valence-corrected chi connectivity index (χ0v) is 21.9. The van der Waals surface area contributed by atoms with Gasteiger partial charge in [-0.15, -0.1) is 28.3 Å². The van der Waals surface area contributed by atoms with Gasteiger partial charge in [0.15, 0.2) is 5.13 Å². The molecule has 2 aliphatic rings. The molecule has 0 N–H and O–H groups in total. The van der Waals surface area contributed by atoms with Gasteiger partial charge >= 0.3 is 5.97 Å². The molecule has 31 heavy (non-hydrogen) atoms. The molecule has 4 rings (SSSR count). The quantitative estimate of drug-likeness (QED) is 0.442. The summed E-state index contributed by atoms with van der Waals surface area (Å²) >= 11 is 1.71. The Morgan fingerprint density at radius 2 is 1.77 bits per heavy atom. The van der Waals surface area contributed by atoms with E-state index in [0.29, 0.717) is 6.61 Å². The molecule has 1 aromatic carbocycles. The molecule has 0 saturated carbocycles. The number of anilines is 1. The maximum atomic E-state index is 12.0. The number of aromatic nitrogens is 1. The Balaban J connectivity index is 0.00000272. The summed E-state index contributed by atoms with van der Waals surface area (Å²) in [6.07, 6.45) is 4.13. The van der Waals surface area contributed by atoms with Crippen molar-refractivity contribution in [3.63, 3.8) is 0 Å². The number of piperidine rings is 1. The highest BCUT2D eigenvalue weighted by Gasteiger charge is 2.37. The van der Waals surface area contributed by atoms with E-state index in [2.05, 4.69) is 56.2 Å². The number of halogens is 1. The van der Waals surface area contributed by atoms with E-state index in [1.165, 1.54) is 29.5 Å². The molecule has 2 heterocycles. The van der Waals surface area contributed by atoms with E-state index < -0.39 is 0 Å². The summed E-state index contributed by atoms with van der Waals surface area (Å²) in [5.74, 6) is -0.0107. The number of thiazole rings is 1. The van der Waals surface area contributed by atoms with Gasteiger partial charge < -0.3 is 9.64 Å². The molecule has 1 fully saturated rings. The van der Waals surface area contributed by atoms with Crippen LogP contribution in [-0.2, 0) is 20.4 Å². The van der Waals surface area contributed by atoms with Crippen molar-refractivity contribution in [1.82, 2.24) is 4.98 Å². The molecule has 0 atom stereocenters. The number of benzene rings is 1. The molecule has 0 bridgehead atoms. The van der Waals surface area contributed by atoms with Crippen LogP contribution in [0.2, 0.25) is 0 Å². The molecule has 6 heteroatoms. The summed E-state index contributed by atoms with van der Waals surface area (Å²) in [7, 11) is 0. The molecular weight excluding hydrogens is 472 g/mol. The third-order valence-corrected chi connectivity index (χ3v) is 7.93. The summed E-state index contributed by atoms with van der Waals surface area (Å²) in [5.41, 5.74) is 5.67. The first-order valence-corrected chi connectivity index (χ1v) is 12.1. The largest absolute Gasteiger partial charge is 0.466 e. The maximum Gasteiger partial charge on any atom is 0.309 e. The Hall–Kier alpha value is -1.40. The van der Waals surface area contributed by atoms with Gasteiger partial charge in [0.1, 0.15) is 0 Å². The number of carbonyl (C=O) groups excluding carboxylic acids is 1. The number of carbonyl (C=O) groups is 1. The Morgan fingerprint density at radius 3 is 2.42 bits per heavy atom. The highest BCUT2D eigenvalue weighted by molar-refractivity contribution is 8.93. The first-order valence-electron chi connectivity index (χ1n) is 11.2. The molecule has 0 radical (unpaired) electrons. The third kappa shape index (κ3) is 4.85. The number of nitrogens with zero attached hydrogens (tertiary/aromatic N) is 2. The van der Waals surface area contributed by atoms with Crippen LogP contribution in [0, 0.1) is 5.92 Å². The van der Waals surface area contributed by atoms with Crippen molar-refractivity contribution in [1.29, 1.82) is 0 Å². The lowest BCUT2D eigenvalue weighted by atomic mass is 9.63. The van der Waals surface area contributed by atoms with Gasteiger partial charge in [0.2, 0.25) is 0 Å². The normalized spacial score (nSPS) is 20.0. The Labute approximate surface area is 201 Å². The van der Waals surface area contributed by atoms with Gasteiger partial charge in [-0.25, -0.2) is 4.98 Å². The zero-order valence-electron chi connectivity index (χ0n) is 19.4. The lowest BCUT2D eigenvalue weighted by molar-refractivity contribution is -0.148. The summed E-state index contributed by atoms with van der Waals surface area (Å²) in [6, 6.07) is 6.95. The summed E-state index contributed by atoms with van der Waals surface area (Å²) in [6.45, 7) is 13.5. The first-order chi connectivity index (χ1) is 14.2. The average Bonchev–Trinajstić information content (AvgIpc) is 3.22. The summed E-state index contributed by atoms with van der Waals surface area (Å²) < 4.78 is 5.19. The van der Waals surface area contributed by atoms with Crippen LogP contribution in [0.4, 0.5) is 5.13 Å². The minimum atomic E-state index is -0.0448. The lowest BCUT2D eigenvalue weighted by Gasteiger charge is -2.42. The number of hydrogen-bond acceptors (Lipinski definition) is 5. The van der Waals surface area contributed by atoms with E-state index >= 15 is 0 Å². The topological polar surface area (TPSA) is 42.4 Å². The van der Waals surface area contributed by atoms with E-state index in [-0.39, 0.29) is 39.7 Å². The van der Waals surface area contributed by atoms with Gasteiger partial charge in [-0.2, -0.15) is 0 Å². The Bertz CT molecular complexity index is 929. The van der Waals surface area contributed by atoms with Crippen molar-refractivity contribution in [2.24, 2.45) is 5.92 Å². The highest BCUT2D eigenvalue weighted by Crippen LogP contribution is 2.47. The number of ether oxygens (including phenoxy) is 1. The van der Waals surface area contributed by atoms with Crippen LogP contribution in [0.5, 0.6) is 0 Å². The van der Waals surface area contributed by atoms with Gasteiger partial charge in [0.25, 0.3) is 0 Å². The Morgan fingerprint density at radius 1 is 1.13 bits per heavy atom. The number of rotatable bonds is 4. The van der Waals surface area contributed by atoms with Crippen LogP contribution in [0.1, 0.15) is 71.4 Å². The van der Waals surface area contributed by atoms with E-state index in [9.17, 15) is 4.79 Å². The van der Waals surface area contributed by atoms with Crippen LogP contribution in [0.15, 0.2) is 23.6 Å². The average molecular weight is 508 g/mol. The van der Waals surface area contributed by atoms with Crippen molar-refractivity contribution < 1.29 is 9.53 Å². The monoisotopic (exact) mass is 506 g/mol. The molecular formula is C25H35BrN2O2S. The minimum absolute atomic E-state index is 0. The summed E-state index contributed by atoms with van der Waals surface area (Å²) in [5, 5.41) is 3.24. The molecule has 0 spiro atoms. The SMILES string of the molecule is Br.CCOC(=O)C1CCN(c2nc(-c3ccc4c(c3)C(C)(C)CCC4(C)C)cs2)CC1. The van der Waals surface area contributed by atoms with Crippen molar-refractivity contribution >= 4 is 39.4 Å². The van der Waals surface area contributed by atoms with Crippen LogP contribution in [0.25, 0.3) is 11.3 Å². The zero-order chi connectivity index (χ0) is 21.5. The fourth-order valence-electron chi connectivity index (χ4n) is 4.86. The number of fused-ring (bicyclic) bond motifs is 1. The first kappa shape index (κ1) is 24.2. The predicted molar refractivity (Wildman–Crippen MR) is 135 cm³/mol. The molecule has 170 valence electrons. The number of hydrogen-bond donors (Lipinski definition) is 0. The maximum absolute atomic E-state index is 12.0. The van der Waals surface area contributed by atoms with Crippen molar-refractivity contribution in [3.05, 3.63) is 34.7 Å². The smallest absolute Gasteiger partial charge is 0.309 e. The van der Waals surface area contributed by atoms with Crippen LogP contribution in [-0.4, -0.2) is 30.6 Å². The molecule has 0 unspecified atom stereocenters. The van der Waals surface area contributed by atoms with Gasteiger partial charge in [-0.3, -0.25) is 4.79 Å². The second kappa shape index (κ2) is 9.22. The van der Waals surface area contributed by atoms with Gasteiger partial charge in [0.05, 0.1) is 18.2 Å². The highest BCUT2D eigenvalue weighted by atomic mass is 79.9. The minimum Gasteiger partial charge on any atom is -0.466 e. The molecule has 1 aromatic heterocycles. The standard InChI is InChI=1S/C25H34N2O2S.BrH/c1-6-29-22(28)17-9-13-27(14-10-17)23-26-21(16-30-23)18-7-8-19-20(15-18)25(4,5)12-11-24(19,2)3;/h7-8,15-17H,6,9-14H2,1-5H3;1H. The molecule has 0 amide bonds. The van der Waals surface area contributed by atoms with Crippen molar-refractivity contribution in [2.45, 2.75) is 71.1 Å². The van der Waals surface area contributed by atoms with E-state index in [1.54, 1.807) is 11.3 Å². The second-order valence-electron chi connectivity index (χ2n) is 10.1. The predicted octanol–water partition coefficient (Wildman–Crippen LogP) is 6.52. The molecule has 4 nitrogen and oxygen atoms in total. The van der Waals surface area contributed by atoms with E-state index in [1.807, 2.05) is 6.92 Å². The summed E-state index contributed by atoms with van der Waals surface area (Å²) in [4.78, 5) is 19.3. The fraction of sp³-hybridized carbons (Fsp3) is 0.600. The van der Waals surface area contributed by atoms with Crippen LogP contribution in [0.3, 0.4) is 0 Å². The van der Waals surface area contributed by atoms with E-state index in [0.717, 1.165) is 36.8 Å². The van der Waals surface area contributed by atoms with Crippen LogP contribution >= 0.6 is 28.3 Å². The van der Waals surface area contributed by atoms with Gasteiger partial charge in [-0.05, 0) is 60.6 Å². The van der Waals surface area contributed by atoms with Crippen molar-refractivity contribution in [3.8, 4) is 11.3 Å². The van der Waals surface area contributed by atoms with Gasteiger partial charge in [-0.1, -0.05) is 39.8 Å². The molecule has 1 aliphatic heterocycles. The number of esters is 1. The second-order valence-corrected chi connectivity index (χ2v) is 10.9. The lowest BCUT2D eigenvalue weighted by Crippen LogP contribution is -2.36. The van der Waals surface area contributed by atoms with Crippen LogP contribution < -0.4 is 4.90 Å². The van der Waals surface area contributed by atoms with E-state index in [4.69, 9.17) is 9.72 Å². The third-order valence-electron chi connectivity index (χ3n) is 7.03. The molecule has 1 saturated heterocycles. The van der Waals surface area contributed by atoms with Crippen molar-refractivity contribution in [2.75, 3.05) is 24.6 Å². The molecule has 2 aromatic rings. The fourth-order valence-corrected chi connectivity index (χ4v) is 5.75. The molecule has 1 aliphatic carbocycles. The Kier molecular flexibility index (Phi) is 7.21.